The van der Waals surface area contributed by atoms with Crippen LogP contribution < -0.4 is 15.4 Å². The molecule has 0 saturated carbocycles. The number of rotatable bonds is 8. The highest BCUT2D eigenvalue weighted by atomic mass is 32.1. The lowest BCUT2D eigenvalue weighted by molar-refractivity contribution is -0.149. The zero-order chi connectivity index (χ0) is 22.2. The second kappa shape index (κ2) is 10.3. The molecule has 0 saturated heterocycles. The third kappa shape index (κ3) is 6.09. The van der Waals surface area contributed by atoms with Gasteiger partial charge in [0.2, 0.25) is 5.91 Å². The topological polar surface area (TPSA) is 118 Å². The monoisotopic (exact) mass is 440 g/mol. The lowest BCUT2D eigenvalue weighted by atomic mass is 10.2. The quantitative estimate of drug-likeness (QED) is 0.412. The van der Waals surface area contributed by atoms with Gasteiger partial charge < -0.3 is 20.1 Å². The van der Waals surface area contributed by atoms with Gasteiger partial charge in [0.25, 0.3) is 5.91 Å². The number of nitrogens with one attached hydrogen (secondary N) is 2. The molecule has 0 unspecified atom stereocenters. The average Bonchev–Trinajstić information content (AvgIpc) is 3.26. The van der Waals surface area contributed by atoms with Gasteiger partial charge in [-0.25, -0.2) is 4.79 Å². The van der Waals surface area contributed by atoms with Gasteiger partial charge in [-0.15, -0.1) is 0 Å². The molecule has 2 aromatic carbocycles. The molecule has 10 heteroatoms. The van der Waals surface area contributed by atoms with Gasteiger partial charge in [-0.05, 0) is 42.8 Å². The second-order valence-electron chi connectivity index (χ2n) is 6.43. The van der Waals surface area contributed by atoms with E-state index in [1.807, 2.05) is 0 Å². The minimum absolute atomic E-state index is 0.465. The fourth-order valence-corrected chi connectivity index (χ4v) is 3.11. The molecule has 160 valence electrons. The van der Waals surface area contributed by atoms with Gasteiger partial charge in [-0.3, -0.25) is 9.59 Å². The molecule has 2 amide bonds. The highest BCUT2D eigenvalue weighted by Crippen LogP contribution is 2.38. The first kappa shape index (κ1) is 21.9. The van der Waals surface area contributed by atoms with Crippen molar-refractivity contribution in [3.63, 3.8) is 0 Å². The molecule has 1 aliphatic heterocycles. The highest BCUT2D eigenvalue weighted by Gasteiger charge is 2.18. The summed E-state index contributed by atoms with van der Waals surface area (Å²) in [5, 5.41) is 5.13. The minimum Gasteiger partial charge on any atom is -0.497 e. The third-order valence-corrected chi connectivity index (χ3v) is 4.70. The normalized spacial score (nSPS) is 12.6. The Kier molecular flexibility index (Phi) is 7.28. The predicted molar refractivity (Wildman–Crippen MR) is 117 cm³/mol. The molecule has 2 aromatic rings. The maximum atomic E-state index is 12.1. The van der Waals surface area contributed by atoms with Crippen LogP contribution in [0.4, 0.5) is 17.1 Å². The van der Waals surface area contributed by atoms with E-state index in [0.29, 0.717) is 22.8 Å². The van der Waals surface area contributed by atoms with Gasteiger partial charge in [0.05, 0.1) is 24.2 Å². The SMILES string of the molecule is COc1ccc(C=CC(=O)N[C@@H](C)C(=O)OCC(=O)Nc2cccc3c2N=S=N3)cc1. The van der Waals surface area contributed by atoms with E-state index >= 15 is 0 Å². The first-order valence-corrected chi connectivity index (χ1v) is 9.99. The predicted octanol–water partition coefficient (Wildman–Crippen LogP) is 3.12. The van der Waals surface area contributed by atoms with Gasteiger partial charge in [0.15, 0.2) is 6.61 Å². The van der Waals surface area contributed by atoms with Crippen molar-refractivity contribution in [1.29, 1.82) is 0 Å². The number of methoxy groups -OCH3 is 1. The number of amides is 2. The molecule has 1 aliphatic rings. The Morgan fingerprint density at radius 1 is 1.13 bits per heavy atom. The molecule has 0 aliphatic carbocycles. The van der Waals surface area contributed by atoms with Crippen LogP contribution in [-0.4, -0.2) is 37.5 Å². The molecule has 1 heterocycles. The number of fused-ring (bicyclic) bond motifs is 1. The first-order valence-electron chi connectivity index (χ1n) is 9.26. The van der Waals surface area contributed by atoms with E-state index in [1.165, 1.54) is 13.0 Å². The Labute approximate surface area is 182 Å². The lowest BCUT2D eigenvalue weighted by Crippen LogP contribution is -2.39. The second-order valence-corrected chi connectivity index (χ2v) is 6.96. The van der Waals surface area contributed by atoms with Crippen LogP contribution >= 0.6 is 0 Å². The molecule has 0 bridgehead atoms. The lowest BCUT2D eigenvalue weighted by Gasteiger charge is -2.12. The summed E-state index contributed by atoms with van der Waals surface area (Å²) in [4.78, 5) is 36.2. The largest absolute Gasteiger partial charge is 0.497 e. The third-order valence-electron chi connectivity index (χ3n) is 4.16. The zero-order valence-corrected chi connectivity index (χ0v) is 17.6. The fourth-order valence-electron chi connectivity index (χ4n) is 2.56. The molecule has 0 fully saturated rings. The van der Waals surface area contributed by atoms with Crippen LogP contribution in [0.5, 0.6) is 5.75 Å². The van der Waals surface area contributed by atoms with Crippen molar-refractivity contribution in [2.45, 2.75) is 13.0 Å². The summed E-state index contributed by atoms with van der Waals surface area (Å²) < 4.78 is 18.3. The highest BCUT2D eigenvalue weighted by molar-refractivity contribution is 7.58. The van der Waals surface area contributed by atoms with E-state index in [1.54, 1.807) is 55.7 Å². The Morgan fingerprint density at radius 2 is 1.90 bits per heavy atom. The Morgan fingerprint density at radius 3 is 2.65 bits per heavy atom. The minimum atomic E-state index is -0.924. The van der Waals surface area contributed by atoms with Crippen LogP contribution in [0.1, 0.15) is 12.5 Å². The molecule has 0 aromatic heterocycles. The van der Waals surface area contributed by atoms with Gasteiger partial charge >= 0.3 is 5.97 Å². The molecule has 9 nitrogen and oxygen atoms in total. The number of nitrogens with zero attached hydrogens (tertiary/aromatic N) is 2. The van der Waals surface area contributed by atoms with Crippen molar-refractivity contribution >= 4 is 52.3 Å². The van der Waals surface area contributed by atoms with Crippen LogP contribution in [0.3, 0.4) is 0 Å². The van der Waals surface area contributed by atoms with Crippen LogP contribution in [0, 0.1) is 0 Å². The van der Waals surface area contributed by atoms with Crippen LogP contribution in [0.25, 0.3) is 6.08 Å². The molecule has 31 heavy (non-hydrogen) atoms. The Balaban J connectivity index is 1.44. The van der Waals surface area contributed by atoms with Gasteiger partial charge in [-0.1, -0.05) is 18.2 Å². The molecule has 0 radical (unpaired) electrons. The van der Waals surface area contributed by atoms with Gasteiger partial charge in [0, 0.05) is 6.08 Å². The van der Waals surface area contributed by atoms with Crippen LogP contribution in [0.15, 0.2) is 57.3 Å². The summed E-state index contributed by atoms with van der Waals surface area (Å²) in [6.07, 6.45) is 2.91. The summed E-state index contributed by atoms with van der Waals surface area (Å²) in [5.41, 5.74) is 2.51. The average molecular weight is 440 g/mol. The van der Waals surface area contributed by atoms with Crippen molar-refractivity contribution in [3.8, 4) is 5.75 Å². The van der Waals surface area contributed by atoms with E-state index in [0.717, 1.165) is 16.9 Å². The Bertz CT molecular complexity index is 1090. The molecule has 3 rings (SSSR count). The molecular weight excluding hydrogens is 420 g/mol. The first-order chi connectivity index (χ1) is 15.0. The van der Waals surface area contributed by atoms with E-state index in [-0.39, 0.29) is 0 Å². The number of esters is 1. The summed E-state index contributed by atoms with van der Waals surface area (Å²) in [7, 11) is 1.57. The number of benzene rings is 2. The number of carbonyl (C=O) groups is 3. The standard InChI is InChI=1S/C21H20N4O5S/c1-13(22-18(26)11-8-14-6-9-15(29-2)10-7-14)21(28)30-12-19(27)23-16-4-3-5-17-20(16)25-31-24-17/h3-11,13H,12H2,1-2H3,(H,22,26)(H,23,27)/t13-/m0/s1. The summed E-state index contributed by atoms with van der Waals surface area (Å²) in [6, 6.07) is 11.4. The van der Waals surface area contributed by atoms with Gasteiger partial charge in [0.1, 0.15) is 23.2 Å². The fraction of sp³-hybridized carbons (Fsp3) is 0.190. The maximum absolute atomic E-state index is 12.1. The van der Waals surface area contributed by atoms with Gasteiger partial charge in [-0.2, -0.15) is 8.73 Å². The summed E-state index contributed by atoms with van der Waals surface area (Å²) in [6.45, 7) is 0.982. The smallest absolute Gasteiger partial charge is 0.328 e. The van der Waals surface area contributed by atoms with Crippen molar-refractivity contribution in [2.75, 3.05) is 19.0 Å². The van der Waals surface area contributed by atoms with E-state index in [9.17, 15) is 14.4 Å². The molecule has 1 atom stereocenters. The molecule has 0 spiro atoms. The van der Waals surface area contributed by atoms with Crippen molar-refractivity contribution in [1.82, 2.24) is 5.32 Å². The molecule has 2 N–H and O–H groups in total. The molecular formula is C21H20N4O5S. The van der Waals surface area contributed by atoms with Crippen LogP contribution in [-0.2, 0) is 30.5 Å². The maximum Gasteiger partial charge on any atom is 0.328 e. The van der Waals surface area contributed by atoms with Crippen molar-refractivity contribution in [2.24, 2.45) is 8.73 Å². The number of hydrogen-bond acceptors (Lipinski definition) is 7. The number of carbonyl (C=O) groups excluding carboxylic acids is 3. The van der Waals surface area contributed by atoms with Crippen molar-refractivity contribution < 1.29 is 23.9 Å². The summed E-state index contributed by atoms with van der Waals surface area (Å²) >= 11 is 1.04. The Hall–Kier alpha value is -3.79. The van der Waals surface area contributed by atoms with Crippen molar-refractivity contribution in [3.05, 3.63) is 54.1 Å². The van der Waals surface area contributed by atoms with E-state index < -0.39 is 30.4 Å². The van der Waals surface area contributed by atoms with Crippen LogP contribution in [0.2, 0.25) is 0 Å². The van der Waals surface area contributed by atoms with E-state index in [2.05, 4.69) is 19.4 Å². The van der Waals surface area contributed by atoms with E-state index in [4.69, 9.17) is 9.47 Å². The number of hydrogen-bond donors (Lipinski definition) is 2. The zero-order valence-electron chi connectivity index (χ0n) is 16.8. The number of ether oxygens (including phenoxy) is 2. The number of anilines is 1. The summed E-state index contributed by atoms with van der Waals surface area (Å²) in [5.74, 6) is -1.00.